The fraction of sp³-hybridized carbons (Fsp3) is 0.292. The summed E-state index contributed by atoms with van der Waals surface area (Å²) in [7, 11) is 1.74. The standard InChI is InChI=1S/C24H28N4O2S/c1-30-15-14-27-10-12-28(13-11-27)20-7-4-18(5-8-20)24(29)26-22-17-19(6-9-21(22)25)23-3-2-16-31-23/h2-9,16-17H,10-15,25H2,1H3,(H,26,29). The molecular weight excluding hydrogens is 408 g/mol. The van der Waals surface area contributed by atoms with Crippen molar-refractivity contribution >= 4 is 34.3 Å². The van der Waals surface area contributed by atoms with Crippen LogP contribution in [0.5, 0.6) is 0 Å². The van der Waals surface area contributed by atoms with Crippen molar-refractivity contribution in [3.05, 3.63) is 65.5 Å². The smallest absolute Gasteiger partial charge is 0.255 e. The molecule has 0 unspecified atom stereocenters. The number of nitrogens with two attached hydrogens (primary N) is 1. The average molecular weight is 437 g/mol. The first-order valence-corrected chi connectivity index (χ1v) is 11.3. The highest BCUT2D eigenvalue weighted by atomic mass is 32.1. The van der Waals surface area contributed by atoms with E-state index in [4.69, 9.17) is 10.5 Å². The van der Waals surface area contributed by atoms with E-state index in [9.17, 15) is 4.79 Å². The number of anilines is 3. The van der Waals surface area contributed by atoms with E-state index >= 15 is 0 Å². The van der Waals surface area contributed by atoms with Crippen molar-refractivity contribution in [3.8, 4) is 10.4 Å². The van der Waals surface area contributed by atoms with Gasteiger partial charge in [-0.1, -0.05) is 12.1 Å². The number of thiophene rings is 1. The van der Waals surface area contributed by atoms with E-state index in [2.05, 4.69) is 21.2 Å². The predicted molar refractivity (Wildman–Crippen MR) is 129 cm³/mol. The number of methoxy groups -OCH3 is 1. The second-order valence-electron chi connectivity index (χ2n) is 7.60. The van der Waals surface area contributed by atoms with Crippen molar-refractivity contribution in [1.82, 2.24) is 4.90 Å². The molecule has 4 rings (SSSR count). The molecule has 6 nitrogen and oxygen atoms in total. The summed E-state index contributed by atoms with van der Waals surface area (Å²) in [6, 6.07) is 17.6. The highest BCUT2D eigenvalue weighted by molar-refractivity contribution is 7.13. The zero-order valence-electron chi connectivity index (χ0n) is 17.7. The quantitative estimate of drug-likeness (QED) is 0.548. The largest absolute Gasteiger partial charge is 0.397 e. The summed E-state index contributed by atoms with van der Waals surface area (Å²) in [6.45, 7) is 5.73. The maximum Gasteiger partial charge on any atom is 0.255 e. The van der Waals surface area contributed by atoms with Crippen LogP contribution in [0.1, 0.15) is 10.4 Å². The van der Waals surface area contributed by atoms with Crippen LogP contribution in [0.25, 0.3) is 10.4 Å². The molecule has 1 fully saturated rings. The van der Waals surface area contributed by atoms with E-state index in [0.717, 1.165) is 55.5 Å². The maximum atomic E-state index is 12.8. The lowest BCUT2D eigenvalue weighted by Crippen LogP contribution is -2.47. The predicted octanol–water partition coefficient (Wildman–Crippen LogP) is 4.02. The fourth-order valence-corrected chi connectivity index (χ4v) is 4.45. The lowest BCUT2D eigenvalue weighted by Gasteiger charge is -2.36. The highest BCUT2D eigenvalue weighted by Gasteiger charge is 2.17. The lowest BCUT2D eigenvalue weighted by molar-refractivity contribution is 0.102. The molecular formula is C24H28N4O2S. The third-order valence-corrected chi connectivity index (χ3v) is 6.50. The molecule has 0 bridgehead atoms. The number of piperazine rings is 1. The Morgan fingerprint density at radius 1 is 1.10 bits per heavy atom. The molecule has 0 spiro atoms. The first-order chi connectivity index (χ1) is 15.1. The van der Waals surface area contributed by atoms with Gasteiger partial charge in [0.25, 0.3) is 5.91 Å². The van der Waals surface area contributed by atoms with Crippen LogP contribution < -0.4 is 16.0 Å². The number of nitrogens with one attached hydrogen (secondary N) is 1. The molecule has 0 aliphatic carbocycles. The Hall–Kier alpha value is -2.87. The van der Waals surface area contributed by atoms with Gasteiger partial charge in [-0.3, -0.25) is 9.69 Å². The molecule has 0 saturated carbocycles. The number of hydrogen-bond donors (Lipinski definition) is 2. The Morgan fingerprint density at radius 3 is 2.55 bits per heavy atom. The minimum Gasteiger partial charge on any atom is -0.397 e. The molecule has 7 heteroatoms. The summed E-state index contributed by atoms with van der Waals surface area (Å²) in [6.07, 6.45) is 0. The Morgan fingerprint density at radius 2 is 1.87 bits per heavy atom. The molecule has 31 heavy (non-hydrogen) atoms. The fourth-order valence-electron chi connectivity index (χ4n) is 3.73. The van der Waals surface area contributed by atoms with Gasteiger partial charge in [-0.25, -0.2) is 0 Å². The second-order valence-corrected chi connectivity index (χ2v) is 8.55. The van der Waals surface area contributed by atoms with Gasteiger partial charge in [0.15, 0.2) is 0 Å². The van der Waals surface area contributed by atoms with Gasteiger partial charge in [0, 0.05) is 56.0 Å². The third kappa shape index (κ3) is 5.25. The first kappa shape index (κ1) is 21.4. The summed E-state index contributed by atoms with van der Waals surface area (Å²) in [4.78, 5) is 18.7. The molecule has 2 aromatic carbocycles. The van der Waals surface area contributed by atoms with Gasteiger partial charge in [0.2, 0.25) is 0 Å². The third-order valence-electron chi connectivity index (χ3n) is 5.59. The normalized spacial score (nSPS) is 14.5. The van der Waals surface area contributed by atoms with Gasteiger partial charge in [0.05, 0.1) is 18.0 Å². The number of nitrogen functional groups attached to an aromatic ring is 1. The number of carbonyl (C=O) groups excluding carboxylic acids is 1. The average Bonchev–Trinajstić information content (AvgIpc) is 3.34. The number of benzene rings is 2. The van der Waals surface area contributed by atoms with Crippen molar-refractivity contribution in [2.24, 2.45) is 0 Å². The Labute approximate surface area is 187 Å². The van der Waals surface area contributed by atoms with E-state index in [0.29, 0.717) is 16.9 Å². The van der Waals surface area contributed by atoms with Crippen LogP contribution >= 0.6 is 11.3 Å². The number of nitrogens with zero attached hydrogens (tertiary/aromatic N) is 2. The molecule has 1 aromatic heterocycles. The lowest BCUT2D eigenvalue weighted by atomic mass is 10.1. The first-order valence-electron chi connectivity index (χ1n) is 10.4. The molecule has 0 atom stereocenters. The zero-order chi connectivity index (χ0) is 21.6. The van der Waals surface area contributed by atoms with Crippen LogP contribution in [0.15, 0.2) is 60.0 Å². The van der Waals surface area contributed by atoms with Crippen LogP contribution in [-0.4, -0.2) is 57.2 Å². The Balaban J connectivity index is 1.39. The molecule has 3 aromatic rings. The summed E-state index contributed by atoms with van der Waals surface area (Å²) < 4.78 is 5.17. The van der Waals surface area contributed by atoms with Crippen molar-refractivity contribution < 1.29 is 9.53 Å². The van der Waals surface area contributed by atoms with Crippen LogP contribution in [0.2, 0.25) is 0 Å². The minimum absolute atomic E-state index is 0.161. The maximum absolute atomic E-state index is 12.8. The molecule has 1 saturated heterocycles. The number of rotatable bonds is 7. The molecule has 1 amide bonds. The van der Waals surface area contributed by atoms with E-state index in [1.165, 1.54) is 0 Å². The molecule has 2 heterocycles. The number of carbonyl (C=O) groups is 1. The van der Waals surface area contributed by atoms with Gasteiger partial charge in [-0.05, 0) is 53.4 Å². The Bertz CT molecular complexity index is 997. The number of ether oxygens (including phenoxy) is 1. The SMILES string of the molecule is COCCN1CCN(c2ccc(C(=O)Nc3cc(-c4cccs4)ccc3N)cc2)CC1. The van der Waals surface area contributed by atoms with Crippen molar-refractivity contribution in [2.45, 2.75) is 0 Å². The van der Waals surface area contributed by atoms with Crippen LogP contribution in [0.4, 0.5) is 17.1 Å². The monoisotopic (exact) mass is 436 g/mol. The summed E-state index contributed by atoms with van der Waals surface area (Å²) in [5, 5.41) is 4.99. The summed E-state index contributed by atoms with van der Waals surface area (Å²) >= 11 is 1.66. The van der Waals surface area contributed by atoms with E-state index < -0.39 is 0 Å². The van der Waals surface area contributed by atoms with Crippen LogP contribution in [-0.2, 0) is 4.74 Å². The summed E-state index contributed by atoms with van der Waals surface area (Å²) in [5.74, 6) is -0.161. The topological polar surface area (TPSA) is 70.8 Å². The van der Waals surface area contributed by atoms with Gasteiger partial charge < -0.3 is 20.7 Å². The molecule has 162 valence electrons. The highest BCUT2D eigenvalue weighted by Crippen LogP contribution is 2.30. The van der Waals surface area contributed by atoms with Crippen molar-refractivity contribution in [3.63, 3.8) is 0 Å². The van der Waals surface area contributed by atoms with Gasteiger partial charge in [-0.2, -0.15) is 0 Å². The molecule has 1 aliphatic rings. The molecule has 0 radical (unpaired) electrons. The molecule has 1 aliphatic heterocycles. The van der Waals surface area contributed by atoms with Crippen LogP contribution in [0.3, 0.4) is 0 Å². The van der Waals surface area contributed by atoms with Crippen LogP contribution in [0, 0.1) is 0 Å². The summed E-state index contributed by atoms with van der Waals surface area (Å²) in [5.41, 5.74) is 10.1. The van der Waals surface area contributed by atoms with Gasteiger partial charge in [-0.15, -0.1) is 11.3 Å². The van der Waals surface area contributed by atoms with Crippen molar-refractivity contribution in [2.75, 3.05) is 62.4 Å². The number of hydrogen-bond acceptors (Lipinski definition) is 6. The number of amides is 1. The zero-order valence-corrected chi connectivity index (χ0v) is 18.5. The second kappa shape index (κ2) is 9.96. The van der Waals surface area contributed by atoms with Gasteiger partial charge in [0.1, 0.15) is 0 Å². The van der Waals surface area contributed by atoms with Gasteiger partial charge >= 0.3 is 0 Å². The van der Waals surface area contributed by atoms with E-state index in [-0.39, 0.29) is 5.91 Å². The van der Waals surface area contributed by atoms with Crippen molar-refractivity contribution in [1.29, 1.82) is 0 Å². The molecule has 3 N–H and O–H groups in total. The van der Waals surface area contributed by atoms with E-state index in [1.54, 1.807) is 18.4 Å². The van der Waals surface area contributed by atoms with E-state index in [1.807, 2.05) is 53.9 Å². The minimum atomic E-state index is -0.161. The Kier molecular flexibility index (Phi) is 6.86.